The van der Waals surface area contributed by atoms with Crippen molar-refractivity contribution in [1.82, 2.24) is 5.32 Å². The summed E-state index contributed by atoms with van der Waals surface area (Å²) in [6.07, 6.45) is 7.90. The summed E-state index contributed by atoms with van der Waals surface area (Å²) in [6.45, 7) is 34.5. The predicted molar refractivity (Wildman–Crippen MR) is 147 cm³/mol. The number of hydrogen-bond donors (Lipinski definition) is 2. The van der Waals surface area contributed by atoms with Crippen LogP contribution >= 0.6 is 12.6 Å². The maximum atomic E-state index is 11.7. The predicted octanol–water partition coefficient (Wildman–Crippen LogP) is 8.66. The Morgan fingerprint density at radius 1 is 1.03 bits per heavy atom. The van der Waals surface area contributed by atoms with Crippen LogP contribution in [0.15, 0.2) is 72.0 Å². The molecule has 30 heavy (non-hydrogen) atoms. The van der Waals surface area contributed by atoms with Gasteiger partial charge in [-0.25, -0.2) is 0 Å². The van der Waals surface area contributed by atoms with Gasteiger partial charge in [-0.2, -0.15) is 12.6 Å². The van der Waals surface area contributed by atoms with E-state index < -0.39 is 0 Å². The molecule has 0 saturated carbocycles. The first-order valence-electron chi connectivity index (χ1n) is 11.0. The van der Waals surface area contributed by atoms with Gasteiger partial charge in [0.25, 0.3) is 0 Å². The van der Waals surface area contributed by atoms with Crippen molar-refractivity contribution < 1.29 is 4.79 Å². The molecule has 1 rings (SSSR count). The number of nitrogens with one attached hydrogen (secondary N) is 1. The van der Waals surface area contributed by atoms with Gasteiger partial charge in [-0.1, -0.05) is 85.8 Å². The normalized spacial score (nSPS) is 11.0. The van der Waals surface area contributed by atoms with Crippen molar-refractivity contribution in [2.24, 2.45) is 0 Å². The summed E-state index contributed by atoms with van der Waals surface area (Å²) >= 11 is 3.53. The van der Waals surface area contributed by atoms with Crippen LogP contribution in [0.1, 0.15) is 82.1 Å². The monoisotopic (exact) mass is 437 g/mol. The van der Waals surface area contributed by atoms with E-state index in [9.17, 15) is 4.79 Å². The van der Waals surface area contributed by atoms with Crippen LogP contribution in [0.3, 0.4) is 0 Å². The molecular formula is C27H51NOS. The van der Waals surface area contributed by atoms with Crippen molar-refractivity contribution >= 4 is 18.4 Å². The van der Waals surface area contributed by atoms with Gasteiger partial charge in [-0.3, -0.25) is 4.79 Å². The lowest BCUT2D eigenvalue weighted by Gasteiger charge is -2.24. The molecule has 0 aromatic heterocycles. The standard InChI is InChI=1S/C18H25NO.3C2H6.C2H4.CH4S/c1-7-9-15(8-2)10-16(12(3)4)11-19-17-13(5)14(6)18(17)20;5*1-2/h8,10,19H,2,6-7,9,11H2,1,3-5H3;3*1-2H3;1-2H2;2H,1H3/b15-10+;;;;;. The zero-order valence-corrected chi connectivity index (χ0v) is 22.9. The number of ketones is 1. The fourth-order valence-electron chi connectivity index (χ4n) is 2.09. The minimum atomic E-state index is 0.0390. The summed E-state index contributed by atoms with van der Waals surface area (Å²) in [5.41, 5.74) is 6.00. The van der Waals surface area contributed by atoms with E-state index in [1.807, 2.05) is 54.5 Å². The molecule has 1 N–H and O–H groups in total. The Hall–Kier alpha value is -1.74. The summed E-state index contributed by atoms with van der Waals surface area (Å²) < 4.78 is 0. The lowest BCUT2D eigenvalue weighted by atomic mass is 9.88. The molecule has 0 aromatic rings. The van der Waals surface area contributed by atoms with Gasteiger partial charge >= 0.3 is 0 Å². The molecule has 0 amide bonds. The molecule has 2 nitrogen and oxygen atoms in total. The number of rotatable bonds is 7. The third-order valence-corrected chi connectivity index (χ3v) is 3.59. The third kappa shape index (κ3) is 16.1. The van der Waals surface area contributed by atoms with Gasteiger partial charge in [-0.15, -0.1) is 13.2 Å². The van der Waals surface area contributed by atoms with Crippen LogP contribution in [0, 0.1) is 0 Å². The Bertz CT molecular complexity index is 547. The molecule has 3 heteroatoms. The number of Topliss-reactive ketones (excluding diaryl/α,β-unsaturated/α-hetero) is 1. The maximum absolute atomic E-state index is 11.7. The van der Waals surface area contributed by atoms with Crippen molar-refractivity contribution in [2.45, 2.75) is 82.1 Å². The first kappa shape index (κ1) is 38.8. The number of thiol groups is 1. The highest BCUT2D eigenvalue weighted by atomic mass is 32.1. The largest absolute Gasteiger partial charge is 0.378 e. The fraction of sp³-hybridized carbons (Fsp3) is 0.519. The number of carbonyl (C=O) groups is 1. The van der Waals surface area contributed by atoms with E-state index in [4.69, 9.17) is 0 Å². The van der Waals surface area contributed by atoms with Gasteiger partial charge in [0.05, 0.1) is 5.70 Å². The molecule has 1 aliphatic carbocycles. The van der Waals surface area contributed by atoms with Crippen LogP contribution in [0.5, 0.6) is 0 Å². The Labute approximate surface area is 195 Å². The second-order valence-electron chi connectivity index (χ2n) is 5.36. The molecule has 0 fully saturated rings. The zero-order chi connectivity index (χ0) is 25.3. The zero-order valence-electron chi connectivity index (χ0n) is 22.0. The highest BCUT2D eigenvalue weighted by Gasteiger charge is 2.28. The summed E-state index contributed by atoms with van der Waals surface area (Å²) in [7, 11) is 0. The molecule has 176 valence electrons. The van der Waals surface area contributed by atoms with Crippen molar-refractivity contribution in [1.29, 1.82) is 0 Å². The van der Waals surface area contributed by atoms with Crippen LogP contribution in [0.25, 0.3) is 0 Å². The molecule has 0 bridgehead atoms. The first-order chi connectivity index (χ1) is 14.4. The van der Waals surface area contributed by atoms with Crippen LogP contribution in [-0.2, 0) is 4.79 Å². The van der Waals surface area contributed by atoms with Crippen molar-refractivity contribution in [3.63, 3.8) is 0 Å². The van der Waals surface area contributed by atoms with E-state index in [0.29, 0.717) is 17.8 Å². The van der Waals surface area contributed by atoms with E-state index in [0.717, 1.165) is 18.4 Å². The molecule has 0 atom stereocenters. The molecule has 0 aliphatic heterocycles. The van der Waals surface area contributed by atoms with Crippen molar-refractivity contribution in [2.75, 3.05) is 12.8 Å². The van der Waals surface area contributed by atoms with Crippen LogP contribution in [-0.4, -0.2) is 18.6 Å². The molecule has 0 unspecified atom stereocenters. The fourth-order valence-corrected chi connectivity index (χ4v) is 2.09. The maximum Gasteiger partial charge on any atom is 0.208 e. The second kappa shape index (κ2) is 29.5. The smallest absolute Gasteiger partial charge is 0.208 e. The lowest BCUT2D eigenvalue weighted by molar-refractivity contribution is -0.113. The Kier molecular flexibility index (Phi) is 38.1. The minimum absolute atomic E-state index is 0.0390. The molecule has 0 heterocycles. The number of hydrogen-bond acceptors (Lipinski definition) is 3. The minimum Gasteiger partial charge on any atom is -0.378 e. The Morgan fingerprint density at radius 3 is 1.77 bits per heavy atom. The van der Waals surface area contributed by atoms with E-state index in [1.54, 1.807) is 6.26 Å². The van der Waals surface area contributed by atoms with Crippen LogP contribution < -0.4 is 5.32 Å². The van der Waals surface area contributed by atoms with Gasteiger partial charge in [-0.05, 0) is 50.2 Å². The molecular weight excluding hydrogens is 386 g/mol. The lowest BCUT2D eigenvalue weighted by Crippen LogP contribution is -2.32. The number of carbonyl (C=O) groups excluding carboxylic acids is 1. The second-order valence-corrected chi connectivity index (χ2v) is 5.36. The van der Waals surface area contributed by atoms with Crippen molar-refractivity contribution in [3.8, 4) is 0 Å². The van der Waals surface area contributed by atoms with E-state index in [1.165, 1.54) is 16.7 Å². The average molecular weight is 438 g/mol. The quantitative estimate of drug-likeness (QED) is 0.180. The molecule has 0 aromatic carbocycles. The number of allylic oxidation sites excluding steroid dienone is 5. The Morgan fingerprint density at radius 2 is 1.47 bits per heavy atom. The highest BCUT2D eigenvalue weighted by molar-refractivity contribution is 7.79. The Balaban J connectivity index is -0.000000182. The molecule has 0 saturated heterocycles. The van der Waals surface area contributed by atoms with E-state index >= 15 is 0 Å². The van der Waals surface area contributed by atoms with Gasteiger partial charge in [0.2, 0.25) is 5.78 Å². The molecule has 0 spiro atoms. The van der Waals surface area contributed by atoms with Gasteiger partial charge in [0, 0.05) is 12.1 Å². The van der Waals surface area contributed by atoms with Crippen molar-refractivity contribution in [3.05, 3.63) is 72.0 Å². The molecule has 0 radical (unpaired) electrons. The van der Waals surface area contributed by atoms with Gasteiger partial charge < -0.3 is 5.32 Å². The summed E-state index contributed by atoms with van der Waals surface area (Å²) in [5.74, 6) is 0.0390. The van der Waals surface area contributed by atoms with Crippen LogP contribution in [0.4, 0.5) is 0 Å². The topological polar surface area (TPSA) is 29.1 Å². The average Bonchev–Trinajstić information content (AvgIpc) is 2.83. The molecule has 1 aliphatic rings. The summed E-state index contributed by atoms with van der Waals surface area (Å²) in [6, 6.07) is 0. The first-order valence-corrected chi connectivity index (χ1v) is 11.9. The van der Waals surface area contributed by atoms with Gasteiger partial charge in [0.1, 0.15) is 0 Å². The SMILES string of the molecule is C=C.C=C/C(=C\C(CNC1=C(C)C(=C)C1=O)=C(C)C)CCC.CC.CC.CC.CS. The summed E-state index contributed by atoms with van der Waals surface area (Å²) in [5, 5.41) is 3.23. The van der Waals surface area contributed by atoms with Gasteiger partial charge in [0.15, 0.2) is 0 Å². The van der Waals surface area contributed by atoms with Crippen LogP contribution in [0.2, 0.25) is 0 Å². The van der Waals surface area contributed by atoms with E-state index in [2.05, 4.69) is 71.1 Å². The highest BCUT2D eigenvalue weighted by Crippen LogP contribution is 2.26. The van der Waals surface area contributed by atoms with E-state index in [-0.39, 0.29) is 5.78 Å². The third-order valence-electron chi connectivity index (χ3n) is 3.59. The summed E-state index contributed by atoms with van der Waals surface area (Å²) in [4.78, 5) is 11.7.